The molecule has 2 rings (SSSR count). The van der Waals surface area contributed by atoms with Crippen molar-refractivity contribution in [3.05, 3.63) is 30.3 Å². The second-order valence-electron chi connectivity index (χ2n) is 2.44. The van der Waals surface area contributed by atoms with Crippen LogP contribution in [0.2, 0.25) is 0 Å². The molecule has 12 heavy (non-hydrogen) atoms. The van der Waals surface area contributed by atoms with Gasteiger partial charge in [0, 0.05) is 10.9 Å². The van der Waals surface area contributed by atoms with Crippen molar-refractivity contribution in [1.82, 2.24) is 4.98 Å². The lowest BCUT2D eigenvalue weighted by Gasteiger charge is -1.83. The number of para-hydroxylation sites is 1. The summed E-state index contributed by atoms with van der Waals surface area (Å²) in [5.41, 5.74) is 0.978. The number of aliphatic imine (C=N–C) groups is 1. The summed E-state index contributed by atoms with van der Waals surface area (Å²) in [7, 11) is 0. The fraction of sp³-hybridized carbons (Fsp3) is 0. The predicted molar refractivity (Wildman–Crippen MR) is 46.1 cm³/mol. The third-order valence-corrected chi connectivity index (χ3v) is 1.68. The topological polar surface area (TPSA) is 45.2 Å². The zero-order valence-corrected chi connectivity index (χ0v) is 6.24. The molecule has 0 unspecified atom stereocenters. The van der Waals surface area contributed by atoms with Crippen LogP contribution in [0.1, 0.15) is 0 Å². The number of H-pyrrole nitrogens is 1. The maximum atomic E-state index is 9.94. The molecule has 3 heteroatoms. The number of isocyanates is 1. The Labute approximate surface area is 68.7 Å². The number of carbonyl (C=O) groups excluding carboxylic acids is 1. The van der Waals surface area contributed by atoms with Crippen LogP contribution in [0.3, 0.4) is 0 Å². The lowest BCUT2D eigenvalue weighted by atomic mass is 10.2. The minimum atomic E-state index is 0.547. The van der Waals surface area contributed by atoms with E-state index in [9.17, 15) is 4.79 Å². The molecule has 1 aromatic heterocycles. The summed E-state index contributed by atoms with van der Waals surface area (Å²) < 4.78 is 0. The van der Waals surface area contributed by atoms with E-state index in [1.807, 2.05) is 24.3 Å². The molecule has 1 heterocycles. The Morgan fingerprint density at radius 1 is 1.33 bits per heavy atom. The predicted octanol–water partition coefficient (Wildman–Crippen LogP) is 2.14. The Morgan fingerprint density at radius 2 is 2.17 bits per heavy atom. The standard InChI is InChI=1S/C9H6N2O/c12-6-10-9-5-7-3-1-2-4-8(7)11-9/h1-5,11H. The van der Waals surface area contributed by atoms with Crippen molar-refractivity contribution in [3.63, 3.8) is 0 Å². The molecule has 0 aliphatic rings. The first-order valence-corrected chi connectivity index (χ1v) is 3.56. The second-order valence-corrected chi connectivity index (χ2v) is 2.44. The number of fused-ring (bicyclic) bond motifs is 1. The quantitative estimate of drug-likeness (QED) is 0.501. The molecule has 0 fully saturated rings. The number of hydrogen-bond donors (Lipinski definition) is 1. The van der Waals surface area contributed by atoms with Gasteiger partial charge >= 0.3 is 0 Å². The van der Waals surface area contributed by atoms with Gasteiger partial charge in [0.2, 0.25) is 6.08 Å². The van der Waals surface area contributed by atoms with E-state index in [2.05, 4.69) is 9.98 Å². The van der Waals surface area contributed by atoms with E-state index in [4.69, 9.17) is 0 Å². The van der Waals surface area contributed by atoms with Gasteiger partial charge < -0.3 is 4.98 Å². The van der Waals surface area contributed by atoms with E-state index < -0.39 is 0 Å². The van der Waals surface area contributed by atoms with Crippen molar-refractivity contribution in [2.75, 3.05) is 0 Å². The molecule has 0 saturated carbocycles. The number of aromatic amines is 1. The van der Waals surface area contributed by atoms with Crippen LogP contribution in [0.5, 0.6) is 0 Å². The fourth-order valence-electron chi connectivity index (χ4n) is 1.17. The van der Waals surface area contributed by atoms with Crippen LogP contribution >= 0.6 is 0 Å². The molecule has 3 nitrogen and oxygen atoms in total. The Balaban J connectivity index is 2.69. The largest absolute Gasteiger partial charge is 0.339 e. The molecule has 0 saturated heterocycles. The highest BCUT2D eigenvalue weighted by molar-refractivity contribution is 5.83. The summed E-state index contributed by atoms with van der Waals surface area (Å²) in [5.74, 6) is 0.547. The van der Waals surface area contributed by atoms with Gasteiger partial charge in [0.05, 0.1) is 0 Å². The Bertz CT molecular complexity index is 419. The van der Waals surface area contributed by atoms with E-state index in [0.717, 1.165) is 10.9 Å². The summed E-state index contributed by atoms with van der Waals surface area (Å²) in [4.78, 5) is 16.4. The molecule has 58 valence electrons. The molecule has 0 aliphatic heterocycles. The van der Waals surface area contributed by atoms with Crippen molar-refractivity contribution in [3.8, 4) is 0 Å². The van der Waals surface area contributed by atoms with Gasteiger partial charge in [-0.15, -0.1) is 4.99 Å². The highest BCUT2D eigenvalue weighted by atomic mass is 16.1. The van der Waals surface area contributed by atoms with Crippen LogP contribution < -0.4 is 0 Å². The number of aromatic nitrogens is 1. The Hall–Kier alpha value is -1.86. The van der Waals surface area contributed by atoms with Crippen LogP contribution in [-0.4, -0.2) is 11.1 Å². The number of benzene rings is 1. The average Bonchev–Trinajstić information content (AvgIpc) is 2.47. The lowest BCUT2D eigenvalue weighted by Crippen LogP contribution is -1.63. The second kappa shape index (κ2) is 2.64. The molecule has 2 aromatic rings. The van der Waals surface area contributed by atoms with Gasteiger partial charge in [-0.3, -0.25) is 0 Å². The molecule has 0 atom stereocenters. The highest BCUT2D eigenvalue weighted by Gasteiger charge is 1.96. The van der Waals surface area contributed by atoms with Gasteiger partial charge in [-0.25, -0.2) is 4.79 Å². The molecule has 0 radical (unpaired) electrons. The summed E-state index contributed by atoms with van der Waals surface area (Å²) >= 11 is 0. The maximum absolute atomic E-state index is 9.94. The van der Waals surface area contributed by atoms with Crippen molar-refractivity contribution < 1.29 is 4.79 Å². The smallest absolute Gasteiger partial charge is 0.242 e. The van der Waals surface area contributed by atoms with Crippen molar-refractivity contribution in [1.29, 1.82) is 0 Å². The molecule has 0 aliphatic carbocycles. The lowest BCUT2D eigenvalue weighted by molar-refractivity contribution is 0.565. The van der Waals surface area contributed by atoms with Crippen LogP contribution in [0, 0.1) is 0 Å². The first kappa shape index (κ1) is 6.83. The first-order valence-electron chi connectivity index (χ1n) is 3.56. The van der Waals surface area contributed by atoms with Crippen LogP contribution in [-0.2, 0) is 4.79 Å². The van der Waals surface area contributed by atoms with Gasteiger partial charge in [-0.1, -0.05) is 18.2 Å². The summed E-state index contributed by atoms with van der Waals surface area (Å²) in [5, 5.41) is 1.05. The zero-order chi connectivity index (χ0) is 8.39. The fourth-order valence-corrected chi connectivity index (χ4v) is 1.17. The number of nitrogens with zero attached hydrogens (tertiary/aromatic N) is 1. The first-order chi connectivity index (χ1) is 5.90. The summed E-state index contributed by atoms with van der Waals surface area (Å²) in [6, 6.07) is 9.55. The monoisotopic (exact) mass is 158 g/mol. The van der Waals surface area contributed by atoms with Gasteiger partial charge in [0.25, 0.3) is 0 Å². The molecule has 0 spiro atoms. The third kappa shape index (κ3) is 1.02. The van der Waals surface area contributed by atoms with Gasteiger partial charge in [-0.05, 0) is 12.1 Å². The van der Waals surface area contributed by atoms with Gasteiger partial charge in [0.15, 0.2) is 0 Å². The van der Waals surface area contributed by atoms with Gasteiger partial charge in [-0.2, -0.15) is 0 Å². The Morgan fingerprint density at radius 3 is 2.92 bits per heavy atom. The van der Waals surface area contributed by atoms with E-state index in [1.165, 1.54) is 6.08 Å². The normalized spacial score (nSPS) is 9.67. The SMILES string of the molecule is O=C=Nc1cc2ccccc2[nH]1. The zero-order valence-electron chi connectivity index (χ0n) is 6.24. The van der Waals surface area contributed by atoms with E-state index in [-0.39, 0.29) is 0 Å². The molecule has 1 aromatic carbocycles. The molecular formula is C9H6N2O. The molecule has 0 bridgehead atoms. The summed E-state index contributed by atoms with van der Waals surface area (Å²) in [6.07, 6.45) is 1.49. The van der Waals surface area contributed by atoms with Crippen LogP contribution in [0.4, 0.5) is 5.82 Å². The van der Waals surface area contributed by atoms with Crippen LogP contribution in [0.25, 0.3) is 10.9 Å². The highest BCUT2D eigenvalue weighted by Crippen LogP contribution is 2.19. The van der Waals surface area contributed by atoms with E-state index in [0.29, 0.717) is 5.82 Å². The van der Waals surface area contributed by atoms with Crippen molar-refractivity contribution in [2.45, 2.75) is 0 Å². The summed E-state index contributed by atoms with van der Waals surface area (Å²) in [6.45, 7) is 0. The Kier molecular flexibility index (Phi) is 1.50. The number of hydrogen-bond acceptors (Lipinski definition) is 2. The molecule has 0 amide bonds. The van der Waals surface area contributed by atoms with Crippen LogP contribution in [0.15, 0.2) is 35.3 Å². The van der Waals surface area contributed by atoms with E-state index >= 15 is 0 Å². The average molecular weight is 158 g/mol. The number of nitrogens with one attached hydrogen (secondary N) is 1. The van der Waals surface area contributed by atoms with Crippen molar-refractivity contribution >= 4 is 22.8 Å². The molecule has 1 N–H and O–H groups in total. The maximum Gasteiger partial charge on any atom is 0.242 e. The minimum Gasteiger partial charge on any atom is -0.339 e. The number of rotatable bonds is 1. The molecular weight excluding hydrogens is 152 g/mol. The van der Waals surface area contributed by atoms with E-state index in [1.54, 1.807) is 6.07 Å². The minimum absolute atomic E-state index is 0.547. The third-order valence-electron chi connectivity index (χ3n) is 1.68. The van der Waals surface area contributed by atoms with Gasteiger partial charge in [0.1, 0.15) is 5.82 Å². The van der Waals surface area contributed by atoms with Crippen molar-refractivity contribution in [2.24, 2.45) is 4.99 Å².